The van der Waals surface area contributed by atoms with E-state index in [2.05, 4.69) is 4.74 Å². The van der Waals surface area contributed by atoms with Gasteiger partial charge in [0, 0.05) is 0 Å². The highest BCUT2D eigenvalue weighted by Crippen LogP contribution is 2.50. The summed E-state index contributed by atoms with van der Waals surface area (Å²) in [6, 6.07) is 0. The van der Waals surface area contributed by atoms with Crippen LogP contribution in [-0.2, 0) is 23.8 Å². The van der Waals surface area contributed by atoms with E-state index in [4.69, 9.17) is 9.47 Å². The molecule has 0 spiro atoms. The van der Waals surface area contributed by atoms with Crippen LogP contribution in [0.3, 0.4) is 0 Å². The van der Waals surface area contributed by atoms with Gasteiger partial charge in [0.25, 0.3) is 0 Å². The van der Waals surface area contributed by atoms with Crippen molar-refractivity contribution < 1.29 is 37.0 Å². The Labute approximate surface area is 119 Å². The fourth-order valence-corrected chi connectivity index (χ4v) is 3.10. The summed E-state index contributed by atoms with van der Waals surface area (Å²) in [5.41, 5.74) is -0.800. The van der Waals surface area contributed by atoms with Gasteiger partial charge < -0.3 is 14.2 Å². The molecule has 0 aromatic rings. The average molecular weight is 310 g/mol. The van der Waals surface area contributed by atoms with Crippen molar-refractivity contribution in [1.29, 1.82) is 0 Å². The van der Waals surface area contributed by atoms with Gasteiger partial charge in [-0.3, -0.25) is 4.79 Å². The fraction of sp³-hybridized carbons (Fsp3) is 0.846. The Bertz CT molecular complexity index is 423. The Morgan fingerprint density at radius 3 is 2.67 bits per heavy atom. The Morgan fingerprint density at radius 2 is 2.05 bits per heavy atom. The lowest BCUT2D eigenvalue weighted by molar-refractivity contribution is -0.202. The third-order valence-corrected chi connectivity index (χ3v) is 3.97. The highest BCUT2D eigenvalue weighted by molar-refractivity contribution is 5.78. The standard InChI is InChI=1S/C13H17F3O5/c1-2-19-10(17)12-5-3-4-9(12)21-8(6-12)7-20-11(18)13(14,15)16/h8-9H,2-7H2,1H3/t8-,9+,12-/m1/s1. The molecule has 0 radical (unpaired) electrons. The van der Waals surface area contributed by atoms with E-state index in [-0.39, 0.29) is 25.1 Å². The monoisotopic (exact) mass is 310 g/mol. The molecule has 21 heavy (non-hydrogen) atoms. The first-order chi connectivity index (χ1) is 9.79. The van der Waals surface area contributed by atoms with Gasteiger partial charge in [-0.15, -0.1) is 0 Å². The van der Waals surface area contributed by atoms with Gasteiger partial charge in [-0.2, -0.15) is 13.2 Å². The molecule has 0 amide bonds. The number of carbonyl (C=O) groups excluding carboxylic acids is 2. The number of halogens is 3. The van der Waals surface area contributed by atoms with Gasteiger partial charge in [-0.05, 0) is 32.6 Å². The third-order valence-electron chi connectivity index (χ3n) is 3.97. The van der Waals surface area contributed by atoms with E-state index in [0.29, 0.717) is 12.8 Å². The zero-order chi connectivity index (χ0) is 15.7. The van der Waals surface area contributed by atoms with Gasteiger partial charge in [0.2, 0.25) is 0 Å². The van der Waals surface area contributed by atoms with E-state index in [0.717, 1.165) is 6.42 Å². The number of carbonyl (C=O) groups is 2. The van der Waals surface area contributed by atoms with E-state index in [9.17, 15) is 22.8 Å². The Morgan fingerprint density at radius 1 is 1.33 bits per heavy atom. The molecule has 2 fully saturated rings. The zero-order valence-electron chi connectivity index (χ0n) is 11.6. The van der Waals surface area contributed by atoms with Crippen LogP contribution >= 0.6 is 0 Å². The molecule has 5 nitrogen and oxygen atoms in total. The normalized spacial score (nSPS) is 31.8. The van der Waals surface area contributed by atoms with Crippen molar-refractivity contribution in [2.24, 2.45) is 5.41 Å². The van der Waals surface area contributed by atoms with E-state index in [1.807, 2.05) is 0 Å². The Balaban J connectivity index is 1.95. The van der Waals surface area contributed by atoms with Crippen molar-refractivity contribution in [3.63, 3.8) is 0 Å². The smallest absolute Gasteiger partial charge is 0.465 e. The molecule has 0 aromatic heterocycles. The topological polar surface area (TPSA) is 61.8 Å². The Hall–Kier alpha value is -1.31. The van der Waals surface area contributed by atoms with Crippen LogP contribution in [0, 0.1) is 5.41 Å². The second kappa shape index (κ2) is 5.82. The summed E-state index contributed by atoms with van der Waals surface area (Å²) >= 11 is 0. The lowest BCUT2D eigenvalue weighted by atomic mass is 9.81. The molecule has 2 aliphatic rings. The number of hydrogen-bond donors (Lipinski definition) is 0. The number of fused-ring (bicyclic) bond motifs is 1. The number of hydrogen-bond acceptors (Lipinski definition) is 5. The van der Waals surface area contributed by atoms with Crippen LogP contribution in [0.25, 0.3) is 0 Å². The van der Waals surface area contributed by atoms with Crippen LogP contribution in [0.5, 0.6) is 0 Å². The first-order valence-corrected chi connectivity index (χ1v) is 6.86. The van der Waals surface area contributed by atoms with Crippen molar-refractivity contribution >= 4 is 11.9 Å². The minimum Gasteiger partial charge on any atom is -0.465 e. The van der Waals surface area contributed by atoms with E-state index in [1.165, 1.54) is 0 Å². The van der Waals surface area contributed by atoms with Crippen LogP contribution in [0.1, 0.15) is 32.6 Å². The van der Waals surface area contributed by atoms with Crippen molar-refractivity contribution in [3.05, 3.63) is 0 Å². The van der Waals surface area contributed by atoms with Crippen molar-refractivity contribution in [2.45, 2.75) is 51.0 Å². The molecule has 0 N–H and O–H groups in total. The highest BCUT2D eigenvalue weighted by Gasteiger charge is 2.57. The number of ether oxygens (including phenoxy) is 3. The molecule has 1 saturated carbocycles. The van der Waals surface area contributed by atoms with Gasteiger partial charge in [0.05, 0.1) is 24.2 Å². The maximum atomic E-state index is 12.1. The van der Waals surface area contributed by atoms with Crippen LogP contribution in [0.2, 0.25) is 0 Å². The van der Waals surface area contributed by atoms with E-state index >= 15 is 0 Å². The molecule has 8 heteroatoms. The van der Waals surface area contributed by atoms with E-state index < -0.39 is 30.3 Å². The molecule has 1 aliphatic carbocycles. The first kappa shape index (κ1) is 16.1. The summed E-state index contributed by atoms with van der Waals surface area (Å²) in [6.07, 6.45) is -3.83. The maximum Gasteiger partial charge on any atom is 0.490 e. The predicted molar refractivity (Wildman–Crippen MR) is 63.2 cm³/mol. The van der Waals surface area contributed by atoms with Crippen LogP contribution < -0.4 is 0 Å². The van der Waals surface area contributed by atoms with Gasteiger partial charge in [0.15, 0.2) is 0 Å². The molecule has 0 aromatic carbocycles. The molecule has 0 unspecified atom stereocenters. The third kappa shape index (κ3) is 3.14. The summed E-state index contributed by atoms with van der Waals surface area (Å²) < 4.78 is 51.0. The van der Waals surface area contributed by atoms with Crippen LogP contribution in [-0.4, -0.2) is 43.5 Å². The number of esters is 2. The molecular formula is C13H17F3O5. The van der Waals surface area contributed by atoms with Gasteiger partial charge >= 0.3 is 18.1 Å². The lowest BCUT2D eigenvalue weighted by Gasteiger charge is -2.24. The second-order valence-corrected chi connectivity index (χ2v) is 5.32. The zero-order valence-corrected chi connectivity index (χ0v) is 11.6. The van der Waals surface area contributed by atoms with Crippen LogP contribution in [0.15, 0.2) is 0 Å². The molecular weight excluding hydrogens is 293 g/mol. The molecule has 0 bridgehead atoms. The lowest BCUT2D eigenvalue weighted by Crippen LogP contribution is -2.36. The SMILES string of the molecule is CCOC(=O)[C@@]12CCC[C@@H]1O[C@@H](COC(=O)C(F)(F)F)C2. The summed E-state index contributed by atoms with van der Waals surface area (Å²) in [7, 11) is 0. The fourth-order valence-electron chi connectivity index (χ4n) is 3.10. The van der Waals surface area contributed by atoms with Crippen molar-refractivity contribution in [2.75, 3.05) is 13.2 Å². The largest absolute Gasteiger partial charge is 0.490 e. The van der Waals surface area contributed by atoms with Gasteiger partial charge in [0.1, 0.15) is 6.61 Å². The minimum atomic E-state index is -5.02. The summed E-state index contributed by atoms with van der Waals surface area (Å²) in [5.74, 6) is -2.62. The molecule has 1 saturated heterocycles. The molecule has 1 heterocycles. The molecule has 120 valence electrons. The number of rotatable bonds is 4. The summed E-state index contributed by atoms with van der Waals surface area (Å²) in [6.45, 7) is 1.42. The number of alkyl halides is 3. The van der Waals surface area contributed by atoms with Crippen LogP contribution in [0.4, 0.5) is 13.2 Å². The van der Waals surface area contributed by atoms with Gasteiger partial charge in [-0.25, -0.2) is 4.79 Å². The van der Waals surface area contributed by atoms with E-state index in [1.54, 1.807) is 6.92 Å². The van der Waals surface area contributed by atoms with Gasteiger partial charge in [-0.1, -0.05) is 0 Å². The van der Waals surface area contributed by atoms with Crippen molar-refractivity contribution in [3.8, 4) is 0 Å². The first-order valence-electron chi connectivity index (χ1n) is 6.86. The predicted octanol–water partition coefficient (Wildman–Crippen LogP) is 1.98. The minimum absolute atomic E-state index is 0.224. The molecule has 2 rings (SSSR count). The van der Waals surface area contributed by atoms with Crippen molar-refractivity contribution in [1.82, 2.24) is 0 Å². The summed E-state index contributed by atoms with van der Waals surface area (Å²) in [4.78, 5) is 22.8. The Kier molecular flexibility index (Phi) is 4.46. The second-order valence-electron chi connectivity index (χ2n) is 5.32. The molecule has 3 atom stereocenters. The average Bonchev–Trinajstić information content (AvgIpc) is 2.92. The highest BCUT2D eigenvalue weighted by atomic mass is 19.4. The quantitative estimate of drug-likeness (QED) is 0.743. The maximum absolute atomic E-state index is 12.1. The molecule has 1 aliphatic heterocycles. The summed E-state index contributed by atoms with van der Waals surface area (Å²) in [5, 5.41) is 0.